The lowest BCUT2D eigenvalue weighted by Gasteiger charge is -2.50. The van der Waals surface area contributed by atoms with Crippen LogP contribution in [0.1, 0.15) is 55.5 Å². The van der Waals surface area contributed by atoms with E-state index in [-0.39, 0.29) is 5.54 Å². The number of fused-ring (bicyclic) bond motifs is 5. The monoisotopic (exact) mass is 422 g/mol. The third-order valence-electron chi connectivity index (χ3n) is 8.30. The Morgan fingerprint density at radius 3 is 2.65 bits per heavy atom. The molecule has 4 aliphatic rings. The quantitative estimate of drug-likeness (QED) is 0.550. The lowest BCUT2D eigenvalue weighted by atomic mass is 9.57. The molecule has 3 fully saturated rings. The van der Waals surface area contributed by atoms with Gasteiger partial charge in [0.25, 0.3) is 0 Å². The molecule has 3 saturated carbocycles. The van der Waals surface area contributed by atoms with Crippen LogP contribution < -0.4 is 21.0 Å². The normalized spacial score (nSPS) is 27.8. The lowest BCUT2D eigenvalue weighted by Crippen LogP contribution is -2.57. The molecule has 0 spiro atoms. The molecule has 2 bridgehead atoms. The molecule has 5 N–H and O–H groups in total. The summed E-state index contributed by atoms with van der Waals surface area (Å²) in [7, 11) is 1.89. The molecule has 31 heavy (non-hydrogen) atoms. The van der Waals surface area contributed by atoms with Crippen molar-refractivity contribution in [2.24, 2.45) is 18.2 Å². The van der Waals surface area contributed by atoms with E-state index in [9.17, 15) is 0 Å². The highest BCUT2D eigenvalue weighted by molar-refractivity contribution is 5.88. The summed E-state index contributed by atoms with van der Waals surface area (Å²) in [5, 5.41) is 9.06. The molecule has 0 aromatic carbocycles. The lowest BCUT2D eigenvalue weighted by molar-refractivity contribution is -0.768. The van der Waals surface area contributed by atoms with Crippen molar-refractivity contribution >= 4 is 22.8 Å². The third-order valence-corrected chi connectivity index (χ3v) is 8.30. The molecule has 3 aromatic rings. The Balaban J connectivity index is 1.29. The number of anilines is 2. The standard InChI is InChI=1S/C22H31N9/c1-14-16-12-30(19-15-11-25-29(2)18(15)26-20(23)27-19)10-3-17(16)28-31(14)13-21-4-7-22(24,8-5-21)9-6-21/h11H,3-10,12-13,24H2,1-2H3,(H2,23,25,26,27)/p+1. The fourth-order valence-electron chi connectivity index (χ4n) is 6.10. The second-order valence-corrected chi connectivity index (χ2v) is 10.2. The molecule has 4 heterocycles. The van der Waals surface area contributed by atoms with Crippen molar-refractivity contribution in [1.82, 2.24) is 24.8 Å². The van der Waals surface area contributed by atoms with Crippen LogP contribution in [0, 0.1) is 12.3 Å². The van der Waals surface area contributed by atoms with Gasteiger partial charge >= 0.3 is 0 Å². The zero-order valence-corrected chi connectivity index (χ0v) is 18.5. The highest BCUT2D eigenvalue weighted by Crippen LogP contribution is 2.51. The van der Waals surface area contributed by atoms with Gasteiger partial charge in [-0.15, -0.1) is 4.68 Å². The first-order valence-electron chi connectivity index (χ1n) is 11.4. The van der Waals surface area contributed by atoms with Crippen molar-refractivity contribution in [3.63, 3.8) is 0 Å². The van der Waals surface area contributed by atoms with Gasteiger partial charge in [0.05, 0.1) is 29.4 Å². The van der Waals surface area contributed by atoms with Crippen molar-refractivity contribution in [3.8, 4) is 0 Å². The second-order valence-electron chi connectivity index (χ2n) is 10.2. The first-order chi connectivity index (χ1) is 14.8. The molecule has 0 radical (unpaired) electrons. The Kier molecular flexibility index (Phi) is 3.94. The predicted molar refractivity (Wildman–Crippen MR) is 118 cm³/mol. The van der Waals surface area contributed by atoms with Crippen LogP contribution in [0.4, 0.5) is 11.8 Å². The van der Waals surface area contributed by atoms with E-state index in [1.54, 1.807) is 4.68 Å². The Hall–Kier alpha value is -2.68. The smallest absolute Gasteiger partial charge is 0.224 e. The average molecular weight is 423 g/mol. The Morgan fingerprint density at radius 2 is 1.90 bits per heavy atom. The minimum atomic E-state index is 0.119. The molecule has 3 aliphatic carbocycles. The minimum absolute atomic E-state index is 0.119. The first-order valence-corrected chi connectivity index (χ1v) is 11.4. The maximum atomic E-state index is 6.53. The van der Waals surface area contributed by atoms with Crippen molar-refractivity contribution in [1.29, 1.82) is 0 Å². The van der Waals surface area contributed by atoms with Gasteiger partial charge in [-0.1, -0.05) is 0 Å². The fraction of sp³-hybridized carbons (Fsp3) is 0.636. The van der Waals surface area contributed by atoms with E-state index >= 15 is 0 Å². The van der Waals surface area contributed by atoms with Gasteiger partial charge in [0.2, 0.25) is 11.6 Å². The fourth-order valence-corrected chi connectivity index (χ4v) is 6.10. The van der Waals surface area contributed by atoms with E-state index < -0.39 is 0 Å². The van der Waals surface area contributed by atoms with Gasteiger partial charge in [-0.25, -0.2) is 0 Å². The molecule has 9 heteroatoms. The summed E-state index contributed by atoms with van der Waals surface area (Å²) in [6.07, 6.45) is 10.1. The number of nitrogens with two attached hydrogens (primary N) is 2. The van der Waals surface area contributed by atoms with Crippen LogP contribution in [0.3, 0.4) is 0 Å². The number of aromatic amines is 1. The van der Waals surface area contributed by atoms with Crippen LogP contribution >= 0.6 is 0 Å². The third kappa shape index (κ3) is 2.93. The molecule has 0 amide bonds. The number of nitrogen functional groups attached to an aromatic ring is 1. The number of aryl methyl sites for hydroxylation is 1. The van der Waals surface area contributed by atoms with E-state index in [4.69, 9.17) is 11.5 Å². The molecule has 9 nitrogen and oxygen atoms in total. The summed E-state index contributed by atoms with van der Waals surface area (Å²) in [6.45, 7) is 5.05. The summed E-state index contributed by atoms with van der Waals surface area (Å²) in [5.41, 5.74) is 17.9. The maximum Gasteiger partial charge on any atom is 0.224 e. The van der Waals surface area contributed by atoms with Gasteiger partial charge in [-0.05, 0) is 38.5 Å². The van der Waals surface area contributed by atoms with Crippen molar-refractivity contribution < 1.29 is 4.68 Å². The number of aromatic nitrogens is 6. The zero-order chi connectivity index (χ0) is 21.4. The molecule has 0 saturated heterocycles. The van der Waals surface area contributed by atoms with Gasteiger partial charge in [-0.2, -0.15) is 20.2 Å². The van der Waals surface area contributed by atoms with E-state index in [2.05, 4.69) is 36.7 Å². The number of rotatable bonds is 3. The van der Waals surface area contributed by atoms with Crippen molar-refractivity contribution in [2.75, 3.05) is 17.2 Å². The number of nitrogens with one attached hydrogen (secondary N) is 1. The molecule has 0 atom stereocenters. The molecule has 3 aromatic heterocycles. The van der Waals surface area contributed by atoms with Gasteiger partial charge in [-0.3, -0.25) is 4.68 Å². The Labute approximate surface area is 181 Å². The van der Waals surface area contributed by atoms with Crippen LogP contribution in [0.15, 0.2) is 6.20 Å². The predicted octanol–water partition coefficient (Wildman–Crippen LogP) is 1.48. The summed E-state index contributed by atoms with van der Waals surface area (Å²) in [4.78, 5) is 11.3. The number of nitrogens with zero attached hydrogens (tertiary/aromatic N) is 6. The maximum absolute atomic E-state index is 6.53. The van der Waals surface area contributed by atoms with Gasteiger partial charge < -0.3 is 16.4 Å². The van der Waals surface area contributed by atoms with Crippen molar-refractivity contribution in [3.05, 3.63) is 23.1 Å². The van der Waals surface area contributed by atoms with Crippen LogP contribution in [0.25, 0.3) is 11.0 Å². The largest absolute Gasteiger partial charge is 0.368 e. The SMILES string of the molecule is Cc1c2c([nH][n+]1CC13CCC(N)(CC1)CC3)CCN(c1nc(N)nc3c1cnn3C)C2. The average Bonchev–Trinajstić information content (AvgIpc) is 3.28. The molecule has 7 rings (SSSR count). The van der Waals surface area contributed by atoms with E-state index in [1.807, 2.05) is 13.2 Å². The van der Waals surface area contributed by atoms with Crippen LogP contribution in [-0.4, -0.2) is 36.9 Å². The molecular formula is C22H32N9+. The highest BCUT2D eigenvalue weighted by atomic mass is 15.3. The number of hydrogen-bond donors (Lipinski definition) is 3. The van der Waals surface area contributed by atoms with Crippen molar-refractivity contribution in [2.45, 2.75) is 70.5 Å². The number of H-pyrrole nitrogens is 1. The topological polar surface area (TPSA) is 119 Å². The highest BCUT2D eigenvalue weighted by Gasteiger charge is 2.49. The molecular weight excluding hydrogens is 390 g/mol. The summed E-state index contributed by atoms with van der Waals surface area (Å²) >= 11 is 0. The minimum Gasteiger partial charge on any atom is -0.368 e. The van der Waals surface area contributed by atoms with E-state index in [1.165, 1.54) is 55.5 Å². The van der Waals surface area contributed by atoms with E-state index in [0.29, 0.717) is 11.4 Å². The second kappa shape index (κ2) is 6.41. The molecule has 164 valence electrons. The Morgan fingerprint density at radius 1 is 1.16 bits per heavy atom. The summed E-state index contributed by atoms with van der Waals surface area (Å²) in [6, 6.07) is 0. The first kappa shape index (κ1) is 19.0. The van der Waals surface area contributed by atoms with Gasteiger partial charge in [0.1, 0.15) is 5.82 Å². The van der Waals surface area contributed by atoms with Crippen LogP contribution in [0.2, 0.25) is 0 Å². The van der Waals surface area contributed by atoms with Crippen LogP contribution in [-0.2, 0) is 26.6 Å². The number of hydrogen-bond acceptors (Lipinski definition) is 6. The summed E-state index contributed by atoms with van der Waals surface area (Å²) in [5.74, 6) is 1.17. The Bertz CT molecular complexity index is 1150. The van der Waals surface area contributed by atoms with E-state index in [0.717, 1.165) is 42.9 Å². The van der Waals surface area contributed by atoms with Gasteiger partial charge in [0.15, 0.2) is 12.2 Å². The zero-order valence-electron chi connectivity index (χ0n) is 18.5. The van der Waals surface area contributed by atoms with Gasteiger partial charge in [0, 0.05) is 37.9 Å². The van der Waals surface area contributed by atoms with Crippen LogP contribution in [0.5, 0.6) is 0 Å². The molecule has 0 unspecified atom stereocenters. The summed E-state index contributed by atoms with van der Waals surface area (Å²) < 4.78 is 4.17. The molecule has 1 aliphatic heterocycles.